The minimum absolute atomic E-state index is 0.180. The summed E-state index contributed by atoms with van der Waals surface area (Å²) in [5.41, 5.74) is 1.66. The van der Waals surface area contributed by atoms with Crippen molar-refractivity contribution >= 4 is 20.2 Å². The quantitative estimate of drug-likeness (QED) is 0.743. The Balaban J connectivity index is 3.29. The first kappa shape index (κ1) is 15.6. The van der Waals surface area contributed by atoms with E-state index in [1.54, 1.807) is 0 Å². The third-order valence-corrected chi connectivity index (χ3v) is 7.08. The highest BCUT2D eigenvalue weighted by Gasteiger charge is 2.44. The predicted molar refractivity (Wildman–Crippen MR) is 85.7 cm³/mol. The molecule has 0 radical (unpaired) electrons. The van der Waals surface area contributed by atoms with Gasteiger partial charge in [0.15, 0.2) is 9.76 Å². The SMILES string of the molecule is CN(C)CC([SiH2]O[SiH3])(c1ccccc1)C(C)(C)C. The molecule has 0 spiro atoms. The fraction of sp³-hybridized carbons (Fsp3) is 0.571. The van der Waals surface area contributed by atoms with Crippen LogP contribution in [0.2, 0.25) is 0 Å². The molecule has 0 bridgehead atoms. The van der Waals surface area contributed by atoms with E-state index in [4.69, 9.17) is 4.12 Å². The highest BCUT2D eigenvalue weighted by molar-refractivity contribution is 6.39. The predicted octanol–water partition coefficient (Wildman–Crippen LogP) is 0.870. The molecule has 18 heavy (non-hydrogen) atoms. The zero-order valence-corrected chi connectivity index (χ0v) is 16.1. The molecular formula is C14H27NOSi2. The topological polar surface area (TPSA) is 12.5 Å². The molecule has 1 unspecified atom stereocenters. The van der Waals surface area contributed by atoms with Gasteiger partial charge in [-0.1, -0.05) is 51.1 Å². The summed E-state index contributed by atoms with van der Waals surface area (Å²) in [6.07, 6.45) is 0. The standard InChI is InChI=1S/C14H27NOSi2/c1-13(2,3)14(18-16-17,11-15(4)5)12-9-7-6-8-10-12/h6-10H,11,18H2,1-5,17H3. The third kappa shape index (κ3) is 3.32. The van der Waals surface area contributed by atoms with E-state index in [1.807, 2.05) is 0 Å². The maximum atomic E-state index is 5.84. The van der Waals surface area contributed by atoms with Crippen molar-refractivity contribution in [2.75, 3.05) is 20.6 Å². The summed E-state index contributed by atoms with van der Waals surface area (Å²) in [5.74, 6) is 0. The molecule has 0 saturated carbocycles. The molecule has 0 aliphatic carbocycles. The molecule has 0 aliphatic heterocycles. The van der Waals surface area contributed by atoms with E-state index in [-0.39, 0.29) is 10.5 Å². The second-order valence-corrected chi connectivity index (χ2v) is 10.2. The van der Waals surface area contributed by atoms with Gasteiger partial charge in [0.2, 0.25) is 0 Å². The van der Waals surface area contributed by atoms with Crippen LogP contribution >= 0.6 is 0 Å². The summed E-state index contributed by atoms with van der Waals surface area (Å²) >= 11 is 0. The van der Waals surface area contributed by atoms with Gasteiger partial charge in [0.05, 0.1) is 0 Å². The van der Waals surface area contributed by atoms with E-state index in [2.05, 4.69) is 70.1 Å². The molecule has 1 aromatic carbocycles. The summed E-state index contributed by atoms with van der Waals surface area (Å²) < 4.78 is 5.84. The van der Waals surface area contributed by atoms with Crippen molar-refractivity contribution in [3.63, 3.8) is 0 Å². The Hall–Kier alpha value is -0.426. The van der Waals surface area contributed by atoms with E-state index >= 15 is 0 Å². The fourth-order valence-corrected chi connectivity index (χ4v) is 6.00. The van der Waals surface area contributed by atoms with Crippen molar-refractivity contribution in [1.29, 1.82) is 0 Å². The van der Waals surface area contributed by atoms with E-state index in [0.717, 1.165) is 17.0 Å². The third-order valence-electron chi connectivity index (χ3n) is 3.74. The summed E-state index contributed by atoms with van der Waals surface area (Å²) in [7, 11) is 4.57. The molecular weight excluding hydrogens is 254 g/mol. The van der Waals surface area contributed by atoms with Gasteiger partial charge in [0, 0.05) is 11.6 Å². The Kier molecular flexibility index (Phi) is 5.34. The summed E-state index contributed by atoms with van der Waals surface area (Å²) in [5, 5.41) is 0.180. The lowest BCUT2D eigenvalue weighted by Crippen LogP contribution is -2.52. The first-order chi connectivity index (χ1) is 8.33. The van der Waals surface area contributed by atoms with Crippen LogP contribution in [0.4, 0.5) is 0 Å². The van der Waals surface area contributed by atoms with Crippen molar-refractivity contribution < 1.29 is 4.12 Å². The van der Waals surface area contributed by atoms with Crippen molar-refractivity contribution in [2.24, 2.45) is 5.41 Å². The van der Waals surface area contributed by atoms with Crippen LogP contribution in [-0.2, 0) is 9.15 Å². The molecule has 0 amide bonds. The van der Waals surface area contributed by atoms with Crippen LogP contribution in [-0.4, -0.2) is 45.8 Å². The molecule has 0 fully saturated rings. The van der Waals surface area contributed by atoms with Gasteiger partial charge in [-0.05, 0) is 25.1 Å². The van der Waals surface area contributed by atoms with Crippen molar-refractivity contribution in [3.05, 3.63) is 35.9 Å². The lowest BCUT2D eigenvalue weighted by atomic mass is 9.75. The van der Waals surface area contributed by atoms with Gasteiger partial charge in [-0.25, -0.2) is 0 Å². The monoisotopic (exact) mass is 281 g/mol. The number of nitrogens with zero attached hydrogens (tertiary/aromatic N) is 1. The van der Waals surface area contributed by atoms with Gasteiger partial charge < -0.3 is 9.02 Å². The normalized spacial score (nSPS) is 16.6. The molecule has 2 nitrogen and oxygen atoms in total. The molecule has 1 rings (SSSR count). The minimum atomic E-state index is -0.596. The lowest BCUT2D eigenvalue weighted by Gasteiger charge is -2.46. The summed E-state index contributed by atoms with van der Waals surface area (Å²) in [6, 6.07) is 10.9. The molecule has 0 saturated heterocycles. The largest absolute Gasteiger partial charge is 0.467 e. The second-order valence-electron chi connectivity index (χ2n) is 6.37. The minimum Gasteiger partial charge on any atom is -0.467 e. The first-order valence-electron chi connectivity index (χ1n) is 6.53. The van der Waals surface area contributed by atoms with Crippen molar-refractivity contribution in [3.8, 4) is 0 Å². The first-order valence-corrected chi connectivity index (χ1v) is 8.63. The van der Waals surface area contributed by atoms with Crippen molar-refractivity contribution in [2.45, 2.75) is 25.8 Å². The van der Waals surface area contributed by atoms with Gasteiger partial charge in [0.1, 0.15) is 10.5 Å². The molecule has 0 aromatic heterocycles. The number of hydrogen-bond acceptors (Lipinski definition) is 2. The van der Waals surface area contributed by atoms with Gasteiger partial charge in [-0.15, -0.1) is 0 Å². The smallest absolute Gasteiger partial charge is 0.158 e. The fourth-order valence-electron chi connectivity index (χ4n) is 2.65. The van der Waals surface area contributed by atoms with Crippen LogP contribution < -0.4 is 0 Å². The highest BCUT2D eigenvalue weighted by atomic mass is 28.3. The molecule has 4 heteroatoms. The van der Waals surface area contributed by atoms with Gasteiger partial charge in [0.25, 0.3) is 0 Å². The number of benzene rings is 1. The van der Waals surface area contributed by atoms with Crippen LogP contribution in [0.5, 0.6) is 0 Å². The average molecular weight is 282 g/mol. The van der Waals surface area contributed by atoms with E-state index < -0.39 is 9.76 Å². The molecule has 0 heterocycles. The van der Waals surface area contributed by atoms with E-state index in [1.165, 1.54) is 5.56 Å². The van der Waals surface area contributed by atoms with Crippen molar-refractivity contribution in [1.82, 2.24) is 4.90 Å². The Bertz CT molecular complexity index is 362. The number of hydrogen-bond donors (Lipinski definition) is 0. The second kappa shape index (κ2) is 6.15. The zero-order valence-electron chi connectivity index (χ0n) is 12.7. The van der Waals surface area contributed by atoms with Crippen LogP contribution in [0.15, 0.2) is 30.3 Å². The van der Waals surface area contributed by atoms with Crippen LogP contribution in [0.1, 0.15) is 26.3 Å². The zero-order chi connectivity index (χ0) is 13.8. The Labute approximate surface area is 117 Å². The summed E-state index contributed by atoms with van der Waals surface area (Å²) in [4.78, 5) is 2.30. The highest BCUT2D eigenvalue weighted by Crippen LogP contribution is 2.41. The van der Waals surface area contributed by atoms with Gasteiger partial charge >= 0.3 is 0 Å². The van der Waals surface area contributed by atoms with Crippen LogP contribution in [0.3, 0.4) is 0 Å². The maximum absolute atomic E-state index is 5.84. The molecule has 1 atom stereocenters. The number of likely N-dealkylation sites (N-methyl/N-ethyl adjacent to an activating group) is 1. The van der Waals surface area contributed by atoms with E-state index in [9.17, 15) is 0 Å². The maximum Gasteiger partial charge on any atom is 0.158 e. The molecule has 1 aromatic rings. The van der Waals surface area contributed by atoms with E-state index in [0.29, 0.717) is 0 Å². The summed E-state index contributed by atoms with van der Waals surface area (Å²) in [6.45, 7) is 8.10. The van der Waals surface area contributed by atoms with Gasteiger partial charge in [-0.3, -0.25) is 0 Å². The van der Waals surface area contributed by atoms with Crippen LogP contribution in [0, 0.1) is 5.41 Å². The molecule has 0 aliphatic rings. The Morgan fingerprint density at radius 1 is 1.17 bits per heavy atom. The molecule has 0 N–H and O–H groups in total. The van der Waals surface area contributed by atoms with Gasteiger partial charge in [-0.2, -0.15) is 0 Å². The Morgan fingerprint density at radius 2 is 1.72 bits per heavy atom. The molecule has 102 valence electrons. The Morgan fingerprint density at radius 3 is 2.11 bits per heavy atom. The lowest BCUT2D eigenvalue weighted by molar-refractivity contribution is 0.198. The van der Waals surface area contributed by atoms with Crippen LogP contribution in [0.25, 0.3) is 0 Å². The average Bonchev–Trinajstić information content (AvgIpc) is 2.27. The number of rotatable bonds is 5.